The van der Waals surface area contributed by atoms with Gasteiger partial charge < -0.3 is 15.0 Å². The number of aryl methyl sites for hydroxylation is 1. The van der Waals surface area contributed by atoms with Crippen molar-refractivity contribution in [1.29, 1.82) is 0 Å². The normalized spacial score (nSPS) is 26.0. The number of halogens is 2. The number of carbonyl (C=O) groups is 2. The number of amides is 2. The molecule has 1 spiro atoms. The Hall–Kier alpha value is -2.02. The fourth-order valence-electron chi connectivity index (χ4n) is 3.46. The quantitative estimate of drug-likeness (QED) is 0.889. The molecule has 2 aliphatic rings. The Morgan fingerprint density at radius 2 is 2.08 bits per heavy atom. The number of rotatable bonds is 2. The maximum Gasteiger partial charge on any atom is 0.349 e. The molecule has 136 valence electrons. The summed E-state index contributed by atoms with van der Waals surface area (Å²) in [4.78, 5) is 25.6. The van der Waals surface area contributed by atoms with Gasteiger partial charge in [-0.15, -0.1) is 0 Å². The maximum atomic E-state index is 14.7. The van der Waals surface area contributed by atoms with Crippen LogP contribution in [0.15, 0.2) is 24.3 Å². The second kappa shape index (κ2) is 5.76. The van der Waals surface area contributed by atoms with E-state index in [2.05, 4.69) is 5.32 Å². The predicted octanol–water partition coefficient (Wildman–Crippen LogP) is 2.33. The zero-order valence-electron chi connectivity index (χ0n) is 14.6. The summed E-state index contributed by atoms with van der Waals surface area (Å²) < 4.78 is 35.2. The van der Waals surface area contributed by atoms with Crippen molar-refractivity contribution < 1.29 is 23.1 Å². The van der Waals surface area contributed by atoms with Crippen molar-refractivity contribution in [1.82, 2.24) is 10.2 Å². The lowest BCUT2D eigenvalue weighted by molar-refractivity contribution is -0.173. The number of hydrogen-bond acceptors (Lipinski definition) is 3. The zero-order valence-corrected chi connectivity index (χ0v) is 14.6. The van der Waals surface area contributed by atoms with Crippen LogP contribution in [0, 0.1) is 6.92 Å². The van der Waals surface area contributed by atoms with Gasteiger partial charge in [0.05, 0.1) is 6.54 Å². The third-order valence-electron chi connectivity index (χ3n) is 4.73. The van der Waals surface area contributed by atoms with Crippen molar-refractivity contribution in [3.8, 4) is 0 Å². The first kappa shape index (κ1) is 17.8. The number of alkyl halides is 2. The highest BCUT2D eigenvalue weighted by Crippen LogP contribution is 2.37. The molecule has 0 bridgehead atoms. The molecular weight excluding hydrogens is 330 g/mol. The molecule has 0 saturated carbocycles. The molecule has 2 amide bonds. The second-order valence-electron chi connectivity index (χ2n) is 7.33. The van der Waals surface area contributed by atoms with Crippen molar-refractivity contribution in [3.05, 3.63) is 35.4 Å². The summed E-state index contributed by atoms with van der Waals surface area (Å²) in [6.07, 6.45) is 0.966. The van der Waals surface area contributed by atoms with E-state index in [0.717, 1.165) is 4.90 Å². The van der Waals surface area contributed by atoms with Gasteiger partial charge in [-0.25, -0.2) is 0 Å². The summed E-state index contributed by atoms with van der Waals surface area (Å²) >= 11 is 0. The predicted molar refractivity (Wildman–Crippen MR) is 86.9 cm³/mol. The average molecular weight is 352 g/mol. The molecule has 0 aliphatic carbocycles. The molecule has 0 radical (unpaired) electrons. The molecule has 5 nitrogen and oxygen atoms in total. The number of nitrogens with zero attached hydrogens (tertiary/aromatic N) is 1. The van der Waals surface area contributed by atoms with E-state index in [1.807, 2.05) is 0 Å². The van der Waals surface area contributed by atoms with E-state index in [-0.39, 0.29) is 24.6 Å². The minimum Gasteiger partial charge on any atom is -0.338 e. The molecule has 25 heavy (non-hydrogen) atoms. The maximum absolute atomic E-state index is 14.7. The lowest BCUT2D eigenvalue weighted by Gasteiger charge is -2.41. The minimum atomic E-state index is -3.62. The van der Waals surface area contributed by atoms with Crippen LogP contribution in [0.4, 0.5) is 8.78 Å². The molecule has 1 unspecified atom stereocenters. The summed E-state index contributed by atoms with van der Waals surface area (Å²) in [6, 6.07) is 5.77. The highest BCUT2D eigenvalue weighted by atomic mass is 19.3. The monoisotopic (exact) mass is 352 g/mol. The van der Waals surface area contributed by atoms with E-state index < -0.39 is 23.2 Å². The summed E-state index contributed by atoms with van der Waals surface area (Å²) in [5.41, 5.74) is -1.79. The second-order valence-corrected chi connectivity index (χ2v) is 7.33. The van der Waals surface area contributed by atoms with Gasteiger partial charge in [-0.2, -0.15) is 8.78 Å². The Morgan fingerprint density at radius 3 is 2.68 bits per heavy atom. The Balaban J connectivity index is 1.82. The van der Waals surface area contributed by atoms with Gasteiger partial charge in [0.25, 0.3) is 11.8 Å². The first-order chi connectivity index (χ1) is 11.6. The SMILES string of the molecule is Cc1cccc(C(F)(F)C(=O)N2CCCC3(C2)NC(=O)C(C)(C)O3)c1. The molecule has 2 saturated heterocycles. The molecule has 1 N–H and O–H groups in total. The zero-order chi connectivity index (χ0) is 18.5. The summed E-state index contributed by atoms with van der Waals surface area (Å²) in [6.45, 7) is 5.08. The van der Waals surface area contributed by atoms with Crippen molar-refractivity contribution >= 4 is 11.8 Å². The van der Waals surface area contributed by atoms with Crippen LogP contribution in [0.5, 0.6) is 0 Å². The molecular formula is C18H22F2N2O3. The fourth-order valence-corrected chi connectivity index (χ4v) is 3.46. The van der Waals surface area contributed by atoms with Crippen LogP contribution in [0.3, 0.4) is 0 Å². The van der Waals surface area contributed by atoms with Gasteiger partial charge in [-0.3, -0.25) is 9.59 Å². The van der Waals surface area contributed by atoms with Crippen molar-refractivity contribution in [2.24, 2.45) is 0 Å². The molecule has 2 aliphatic heterocycles. The average Bonchev–Trinajstić information content (AvgIpc) is 2.74. The third-order valence-corrected chi connectivity index (χ3v) is 4.73. The Labute approximate surface area is 145 Å². The van der Waals surface area contributed by atoms with E-state index in [4.69, 9.17) is 4.74 Å². The molecule has 7 heteroatoms. The van der Waals surface area contributed by atoms with Crippen LogP contribution in [-0.2, 0) is 20.2 Å². The molecule has 2 heterocycles. The van der Waals surface area contributed by atoms with Crippen molar-refractivity contribution in [2.45, 2.75) is 50.9 Å². The topological polar surface area (TPSA) is 58.6 Å². The van der Waals surface area contributed by atoms with Gasteiger partial charge in [-0.1, -0.05) is 23.8 Å². The number of nitrogens with one attached hydrogen (secondary N) is 1. The van der Waals surface area contributed by atoms with Crippen molar-refractivity contribution in [2.75, 3.05) is 13.1 Å². The molecule has 2 fully saturated rings. The van der Waals surface area contributed by atoms with Crippen LogP contribution in [0.2, 0.25) is 0 Å². The van der Waals surface area contributed by atoms with Gasteiger partial charge in [0, 0.05) is 12.1 Å². The number of piperidine rings is 1. The highest BCUT2D eigenvalue weighted by molar-refractivity contribution is 5.88. The molecule has 0 aromatic heterocycles. The van der Waals surface area contributed by atoms with Crippen LogP contribution >= 0.6 is 0 Å². The van der Waals surface area contributed by atoms with Crippen LogP contribution in [0.25, 0.3) is 0 Å². The number of hydrogen-bond donors (Lipinski definition) is 1. The minimum absolute atomic E-state index is 0.0809. The largest absolute Gasteiger partial charge is 0.349 e. The number of ether oxygens (including phenoxy) is 1. The summed E-state index contributed by atoms with van der Waals surface area (Å²) in [7, 11) is 0. The van der Waals surface area contributed by atoms with E-state index in [1.54, 1.807) is 26.8 Å². The van der Waals surface area contributed by atoms with Gasteiger partial charge in [0.15, 0.2) is 5.72 Å². The highest BCUT2D eigenvalue weighted by Gasteiger charge is 2.54. The van der Waals surface area contributed by atoms with Gasteiger partial charge in [0.1, 0.15) is 5.60 Å². The first-order valence-corrected chi connectivity index (χ1v) is 8.33. The summed E-state index contributed by atoms with van der Waals surface area (Å²) in [5.74, 6) is -5.19. The Morgan fingerprint density at radius 1 is 1.36 bits per heavy atom. The molecule has 1 aromatic carbocycles. The van der Waals surface area contributed by atoms with E-state index in [0.29, 0.717) is 18.4 Å². The molecule has 1 atom stereocenters. The van der Waals surface area contributed by atoms with Gasteiger partial charge in [-0.05, 0) is 39.7 Å². The van der Waals surface area contributed by atoms with Crippen LogP contribution in [0.1, 0.15) is 37.8 Å². The Bertz CT molecular complexity index is 720. The fraction of sp³-hybridized carbons (Fsp3) is 0.556. The third kappa shape index (κ3) is 3.13. The van der Waals surface area contributed by atoms with E-state index in [9.17, 15) is 18.4 Å². The smallest absolute Gasteiger partial charge is 0.338 e. The van der Waals surface area contributed by atoms with E-state index >= 15 is 0 Å². The molecule has 3 rings (SSSR count). The first-order valence-electron chi connectivity index (χ1n) is 8.33. The standard InChI is InChI=1S/C18H22F2N2O3/c1-12-6-4-7-13(10-12)18(19,20)15(24)22-9-5-8-17(11-22)21-14(23)16(2,3)25-17/h4,6-7,10H,5,8-9,11H2,1-3H3,(H,21,23). The lowest BCUT2D eigenvalue weighted by Crippen LogP contribution is -2.58. The van der Waals surface area contributed by atoms with Gasteiger partial charge >= 0.3 is 5.92 Å². The van der Waals surface area contributed by atoms with Gasteiger partial charge in [0.2, 0.25) is 0 Å². The van der Waals surface area contributed by atoms with Crippen LogP contribution < -0.4 is 5.32 Å². The lowest BCUT2D eigenvalue weighted by atomic mass is 9.99. The van der Waals surface area contributed by atoms with Crippen LogP contribution in [-0.4, -0.2) is 41.1 Å². The molecule has 1 aromatic rings. The number of benzene rings is 1. The Kier molecular flexibility index (Phi) is 4.10. The summed E-state index contributed by atoms with van der Waals surface area (Å²) in [5, 5.41) is 2.74. The van der Waals surface area contributed by atoms with Crippen molar-refractivity contribution in [3.63, 3.8) is 0 Å². The number of carbonyl (C=O) groups excluding carboxylic acids is 2. The number of likely N-dealkylation sites (tertiary alicyclic amines) is 1. The van der Waals surface area contributed by atoms with E-state index in [1.165, 1.54) is 18.2 Å².